The predicted octanol–water partition coefficient (Wildman–Crippen LogP) is 0.0307. The van der Waals surface area contributed by atoms with Crippen molar-refractivity contribution in [2.45, 2.75) is 0 Å². The minimum Gasteiger partial charge on any atom is -0.497 e. The van der Waals surface area contributed by atoms with Gasteiger partial charge in [-0.25, -0.2) is 10.6 Å². The van der Waals surface area contributed by atoms with E-state index in [2.05, 4.69) is 0 Å². The first-order valence-electron chi connectivity index (χ1n) is 5.33. The number of carbonyl (C=O) groups is 3. The van der Waals surface area contributed by atoms with E-state index < -0.39 is 17.8 Å². The molecule has 0 aromatic heterocycles. The Labute approximate surface area is 108 Å². The Kier molecular flexibility index (Phi) is 3.30. The van der Waals surface area contributed by atoms with Gasteiger partial charge in [0, 0.05) is 0 Å². The maximum atomic E-state index is 11.7. The summed E-state index contributed by atoms with van der Waals surface area (Å²) in [4.78, 5) is 34.4. The molecule has 0 bridgehead atoms. The van der Waals surface area contributed by atoms with Crippen LogP contribution in [0.25, 0.3) is 6.08 Å². The number of carbonyl (C=O) groups excluding carboxylic acids is 3. The second-order valence-corrected chi connectivity index (χ2v) is 3.77. The number of nitrogens with one attached hydrogen (secondary N) is 1. The van der Waals surface area contributed by atoms with Gasteiger partial charge in [0.25, 0.3) is 11.8 Å². The highest BCUT2D eigenvalue weighted by Gasteiger charge is 2.33. The van der Waals surface area contributed by atoms with Gasteiger partial charge >= 0.3 is 6.03 Å². The highest BCUT2D eigenvalue weighted by Crippen LogP contribution is 2.16. The van der Waals surface area contributed by atoms with Gasteiger partial charge in [-0.3, -0.25) is 14.9 Å². The average molecular weight is 261 g/mol. The molecule has 0 radical (unpaired) electrons. The summed E-state index contributed by atoms with van der Waals surface area (Å²) in [7, 11) is 1.53. The molecule has 7 nitrogen and oxygen atoms in total. The lowest BCUT2D eigenvalue weighted by Crippen LogP contribution is -2.57. The van der Waals surface area contributed by atoms with Gasteiger partial charge < -0.3 is 4.74 Å². The summed E-state index contributed by atoms with van der Waals surface area (Å²) >= 11 is 0. The molecule has 0 unspecified atom stereocenters. The van der Waals surface area contributed by atoms with Gasteiger partial charge in [0.2, 0.25) is 0 Å². The minimum atomic E-state index is -0.943. The van der Waals surface area contributed by atoms with E-state index >= 15 is 0 Å². The van der Waals surface area contributed by atoms with Crippen LogP contribution in [0.1, 0.15) is 5.56 Å². The van der Waals surface area contributed by atoms with Crippen LogP contribution in [0.4, 0.5) is 4.79 Å². The lowest BCUT2D eigenvalue weighted by atomic mass is 10.1. The summed E-state index contributed by atoms with van der Waals surface area (Å²) in [5.41, 5.74) is 0.411. The topological polar surface area (TPSA) is 102 Å². The molecule has 0 aliphatic carbocycles. The predicted molar refractivity (Wildman–Crippen MR) is 65.5 cm³/mol. The van der Waals surface area contributed by atoms with E-state index in [0.717, 1.165) is 0 Å². The molecule has 0 saturated carbocycles. The fourth-order valence-corrected chi connectivity index (χ4v) is 1.54. The number of imide groups is 2. The Morgan fingerprint density at radius 1 is 1.21 bits per heavy atom. The van der Waals surface area contributed by atoms with Gasteiger partial charge in [-0.2, -0.15) is 5.01 Å². The fraction of sp³-hybridized carbons (Fsp3) is 0.0833. The van der Waals surface area contributed by atoms with Crippen molar-refractivity contribution < 1.29 is 19.1 Å². The summed E-state index contributed by atoms with van der Waals surface area (Å²) in [5, 5.41) is 2.32. The number of benzene rings is 1. The van der Waals surface area contributed by atoms with E-state index in [0.29, 0.717) is 16.3 Å². The zero-order valence-electron chi connectivity index (χ0n) is 10.0. The Morgan fingerprint density at radius 2 is 1.84 bits per heavy atom. The lowest BCUT2D eigenvalue weighted by molar-refractivity contribution is -0.130. The molecule has 1 fully saturated rings. The molecule has 1 aromatic rings. The van der Waals surface area contributed by atoms with Crippen LogP contribution in [-0.4, -0.2) is 30.0 Å². The number of hydrogen-bond donors (Lipinski definition) is 2. The number of amides is 4. The van der Waals surface area contributed by atoms with Crippen LogP contribution in [0.2, 0.25) is 0 Å². The molecule has 1 heterocycles. The smallest absolute Gasteiger partial charge is 0.345 e. The Balaban J connectivity index is 2.33. The number of nitrogens with two attached hydrogens (primary N) is 1. The summed E-state index contributed by atoms with van der Waals surface area (Å²) < 4.78 is 4.99. The van der Waals surface area contributed by atoms with Crippen molar-refractivity contribution in [3.05, 3.63) is 35.4 Å². The number of hydrogen-bond acceptors (Lipinski definition) is 5. The maximum Gasteiger partial charge on any atom is 0.345 e. The molecule has 7 heteroatoms. The minimum absolute atomic E-state index is 0.202. The molecular weight excluding hydrogens is 250 g/mol. The maximum absolute atomic E-state index is 11.7. The highest BCUT2D eigenvalue weighted by molar-refractivity contribution is 6.30. The fourth-order valence-electron chi connectivity index (χ4n) is 1.54. The number of methoxy groups -OCH3 is 1. The number of ether oxygens (including phenoxy) is 1. The van der Waals surface area contributed by atoms with E-state index in [1.165, 1.54) is 13.2 Å². The number of barbiturate groups is 1. The number of rotatable bonds is 2. The van der Waals surface area contributed by atoms with Gasteiger partial charge in [-0.05, 0) is 23.8 Å². The van der Waals surface area contributed by atoms with Crippen molar-refractivity contribution in [2.24, 2.45) is 5.84 Å². The third-order valence-corrected chi connectivity index (χ3v) is 2.56. The van der Waals surface area contributed by atoms with Crippen LogP contribution in [0.3, 0.4) is 0 Å². The van der Waals surface area contributed by atoms with Gasteiger partial charge in [0.1, 0.15) is 11.3 Å². The Bertz CT molecular complexity index is 577. The number of hydrazine groups is 1. The summed E-state index contributed by atoms with van der Waals surface area (Å²) in [5.74, 6) is 4.27. The molecule has 4 amide bonds. The van der Waals surface area contributed by atoms with Crippen molar-refractivity contribution in [3.8, 4) is 5.75 Å². The average Bonchev–Trinajstić information content (AvgIpc) is 2.42. The molecule has 0 atom stereocenters. The van der Waals surface area contributed by atoms with Gasteiger partial charge in [-0.15, -0.1) is 0 Å². The molecule has 1 aliphatic heterocycles. The molecular formula is C12H11N3O4. The van der Waals surface area contributed by atoms with Crippen LogP contribution in [0, 0.1) is 0 Å². The molecule has 1 aromatic carbocycles. The van der Waals surface area contributed by atoms with Gasteiger partial charge in [0.05, 0.1) is 7.11 Å². The summed E-state index contributed by atoms with van der Waals surface area (Å²) in [6.07, 6.45) is 1.35. The van der Waals surface area contributed by atoms with Crippen molar-refractivity contribution in [2.75, 3.05) is 7.11 Å². The van der Waals surface area contributed by atoms with E-state index in [1.807, 2.05) is 5.32 Å². The molecule has 3 N–H and O–H groups in total. The van der Waals surface area contributed by atoms with Crippen molar-refractivity contribution in [1.29, 1.82) is 0 Å². The van der Waals surface area contributed by atoms with Crippen molar-refractivity contribution in [1.82, 2.24) is 10.3 Å². The second kappa shape index (κ2) is 4.91. The first kappa shape index (κ1) is 12.8. The van der Waals surface area contributed by atoms with E-state index in [-0.39, 0.29) is 5.57 Å². The molecule has 1 saturated heterocycles. The third-order valence-electron chi connectivity index (χ3n) is 2.56. The third kappa shape index (κ3) is 2.45. The normalized spacial score (nSPS) is 17.7. The molecule has 19 heavy (non-hydrogen) atoms. The van der Waals surface area contributed by atoms with E-state index in [4.69, 9.17) is 10.6 Å². The van der Waals surface area contributed by atoms with Gasteiger partial charge in [-0.1, -0.05) is 12.1 Å². The largest absolute Gasteiger partial charge is 0.497 e. The standard InChI is InChI=1S/C12H11N3O4/c1-19-8-4-2-7(3-5-8)6-9-10(16)14-12(18)15(13)11(9)17/h2-6H,13H2,1H3,(H,14,16,18)/b9-6-. The molecule has 0 spiro atoms. The molecule has 98 valence electrons. The van der Waals surface area contributed by atoms with Crippen LogP contribution in [0.5, 0.6) is 5.75 Å². The zero-order chi connectivity index (χ0) is 14.0. The van der Waals surface area contributed by atoms with Crippen molar-refractivity contribution in [3.63, 3.8) is 0 Å². The SMILES string of the molecule is COc1ccc(/C=C2/C(=O)NC(=O)N(N)C2=O)cc1. The molecule has 2 rings (SSSR count). The monoisotopic (exact) mass is 261 g/mol. The Morgan fingerprint density at radius 3 is 2.42 bits per heavy atom. The highest BCUT2D eigenvalue weighted by atomic mass is 16.5. The van der Waals surface area contributed by atoms with Crippen LogP contribution in [-0.2, 0) is 9.59 Å². The zero-order valence-corrected chi connectivity index (χ0v) is 10.0. The second-order valence-electron chi connectivity index (χ2n) is 3.77. The van der Waals surface area contributed by atoms with E-state index in [9.17, 15) is 14.4 Å². The van der Waals surface area contributed by atoms with Crippen LogP contribution < -0.4 is 15.9 Å². The van der Waals surface area contributed by atoms with Crippen molar-refractivity contribution >= 4 is 23.9 Å². The van der Waals surface area contributed by atoms with Crippen LogP contribution in [0.15, 0.2) is 29.8 Å². The summed E-state index contributed by atoms with van der Waals surface area (Å²) in [6.45, 7) is 0. The lowest BCUT2D eigenvalue weighted by Gasteiger charge is -2.21. The Hall–Kier alpha value is -2.67. The summed E-state index contributed by atoms with van der Waals surface area (Å²) in [6, 6.07) is 5.76. The van der Waals surface area contributed by atoms with E-state index in [1.54, 1.807) is 24.3 Å². The first-order valence-corrected chi connectivity index (χ1v) is 5.33. The van der Waals surface area contributed by atoms with Gasteiger partial charge in [0.15, 0.2) is 0 Å². The number of urea groups is 1. The molecule has 1 aliphatic rings. The van der Waals surface area contributed by atoms with Crippen LogP contribution >= 0.6 is 0 Å². The number of nitrogens with zero attached hydrogens (tertiary/aromatic N) is 1. The first-order chi connectivity index (χ1) is 9.02. The quantitative estimate of drug-likeness (QED) is 0.338.